The summed E-state index contributed by atoms with van der Waals surface area (Å²) in [5, 5.41) is 3.31. The Morgan fingerprint density at radius 3 is 2.20 bits per heavy atom. The fourth-order valence-corrected chi connectivity index (χ4v) is 2.40. The zero-order chi connectivity index (χ0) is 14.5. The third-order valence-corrected chi connectivity index (χ3v) is 3.68. The standard InChI is InChI=1S/C18H22FN/c1-13(2)15-7-9-16(10-8-15)18(20-3)12-14-5-4-6-17(19)11-14/h4-11,13,18,20H,12H2,1-3H3. The van der Waals surface area contributed by atoms with Gasteiger partial charge >= 0.3 is 0 Å². The predicted molar refractivity (Wildman–Crippen MR) is 82.4 cm³/mol. The number of hydrogen-bond donors (Lipinski definition) is 1. The molecule has 2 aromatic carbocycles. The van der Waals surface area contributed by atoms with Crippen molar-refractivity contribution in [1.29, 1.82) is 0 Å². The van der Waals surface area contributed by atoms with Crippen LogP contribution in [0.2, 0.25) is 0 Å². The predicted octanol–water partition coefficient (Wildman–Crippen LogP) is 4.45. The zero-order valence-corrected chi connectivity index (χ0v) is 12.4. The summed E-state index contributed by atoms with van der Waals surface area (Å²) in [5.74, 6) is 0.368. The number of hydrogen-bond acceptors (Lipinski definition) is 1. The van der Waals surface area contributed by atoms with Crippen molar-refractivity contribution in [1.82, 2.24) is 5.32 Å². The Labute approximate surface area is 120 Å². The summed E-state index contributed by atoms with van der Waals surface area (Å²) >= 11 is 0. The van der Waals surface area contributed by atoms with Gasteiger partial charge < -0.3 is 5.32 Å². The zero-order valence-electron chi connectivity index (χ0n) is 12.4. The minimum Gasteiger partial charge on any atom is -0.313 e. The minimum absolute atomic E-state index is 0.174. The Hall–Kier alpha value is -1.67. The molecule has 0 heterocycles. The van der Waals surface area contributed by atoms with Gasteiger partial charge in [0.05, 0.1) is 0 Å². The fourth-order valence-electron chi connectivity index (χ4n) is 2.40. The molecule has 0 fully saturated rings. The van der Waals surface area contributed by atoms with Crippen molar-refractivity contribution >= 4 is 0 Å². The second-order valence-corrected chi connectivity index (χ2v) is 5.50. The van der Waals surface area contributed by atoms with E-state index < -0.39 is 0 Å². The molecule has 1 nitrogen and oxygen atoms in total. The molecule has 20 heavy (non-hydrogen) atoms. The third kappa shape index (κ3) is 3.67. The van der Waals surface area contributed by atoms with Crippen LogP contribution in [0.4, 0.5) is 4.39 Å². The minimum atomic E-state index is -0.174. The van der Waals surface area contributed by atoms with E-state index in [1.165, 1.54) is 17.2 Å². The molecule has 2 heteroatoms. The summed E-state index contributed by atoms with van der Waals surface area (Å²) in [5.41, 5.74) is 3.59. The van der Waals surface area contributed by atoms with E-state index in [2.05, 4.69) is 43.4 Å². The molecule has 0 bridgehead atoms. The van der Waals surface area contributed by atoms with Crippen molar-refractivity contribution in [2.75, 3.05) is 7.05 Å². The fraction of sp³-hybridized carbons (Fsp3) is 0.333. The Morgan fingerprint density at radius 2 is 1.65 bits per heavy atom. The number of benzene rings is 2. The first kappa shape index (κ1) is 14.7. The van der Waals surface area contributed by atoms with E-state index in [0.29, 0.717) is 5.92 Å². The van der Waals surface area contributed by atoms with Gasteiger partial charge in [0, 0.05) is 6.04 Å². The van der Waals surface area contributed by atoms with E-state index in [9.17, 15) is 4.39 Å². The van der Waals surface area contributed by atoms with Crippen LogP contribution in [0.1, 0.15) is 42.5 Å². The Balaban J connectivity index is 2.15. The maximum Gasteiger partial charge on any atom is 0.123 e. The van der Waals surface area contributed by atoms with Gasteiger partial charge in [-0.1, -0.05) is 50.2 Å². The summed E-state index contributed by atoms with van der Waals surface area (Å²) in [6.45, 7) is 4.38. The highest BCUT2D eigenvalue weighted by atomic mass is 19.1. The van der Waals surface area contributed by atoms with Crippen molar-refractivity contribution in [3.8, 4) is 0 Å². The first-order valence-electron chi connectivity index (χ1n) is 7.11. The van der Waals surface area contributed by atoms with E-state index in [-0.39, 0.29) is 11.9 Å². The normalized spacial score (nSPS) is 12.7. The van der Waals surface area contributed by atoms with Gasteiger partial charge in [-0.05, 0) is 48.2 Å². The van der Waals surface area contributed by atoms with Crippen LogP contribution in [0.5, 0.6) is 0 Å². The second-order valence-electron chi connectivity index (χ2n) is 5.50. The van der Waals surface area contributed by atoms with E-state index >= 15 is 0 Å². The van der Waals surface area contributed by atoms with Gasteiger partial charge in [0.15, 0.2) is 0 Å². The lowest BCUT2D eigenvalue weighted by molar-refractivity contribution is 0.584. The van der Waals surface area contributed by atoms with Gasteiger partial charge in [-0.2, -0.15) is 0 Å². The highest BCUT2D eigenvalue weighted by molar-refractivity contribution is 5.28. The molecule has 2 aromatic rings. The van der Waals surface area contributed by atoms with E-state index in [1.807, 2.05) is 13.1 Å². The molecule has 0 saturated carbocycles. The smallest absolute Gasteiger partial charge is 0.123 e. The molecule has 0 aliphatic heterocycles. The molecule has 106 valence electrons. The molecule has 0 aliphatic rings. The van der Waals surface area contributed by atoms with Gasteiger partial charge in [0.25, 0.3) is 0 Å². The number of nitrogens with one attached hydrogen (secondary N) is 1. The second kappa shape index (κ2) is 6.67. The SMILES string of the molecule is CNC(Cc1cccc(F)c1)c1ccc(C(C)C)cc1. The average molecular weight is 271 g/mol. The molecule has 0 amide bonds. The van der Waals surface area contributed by atoms with Crippen LogP contribution in [0.3, 0.4) is 0 Å². The van der Waals surface area contributed by atoms with Crippen molar-refractivity contribution in [2.45, 2.75) is 32.2 Å². The summed E-state index contributed by atoms with van der Waals surface area (Å²) in [7, 11) is 1.94. The van der Waals surface area contributed by atoms with Crippen LogP contribution in [-0.2, 0) is 6.42 Å². The highest BCUT2D eigenvalue weighted by Gasteiger charge is 2.11. The molecular formula is C18H22FN. The molecule has 1 unspecified atom stereocenters. The van der Waals surface area contributed by atoms with E-state index in [1.54, 1.807) is 12.1 Å². The van der Waals surface area contributed by atoms with Crippen LogP contribution in [0.15, 0.2) is 48.5 Å². The van der Waals surface area contributed by atoms with Crippen molar-refractivity contribution in [3.63, 3.8) is 0 Å². The molecule has 0 saturated heterocycles. The van der Waals surface area contributed by atoms with Crippen molar-refractivity contribution in [3.05, 3.63) is 71.0 Å². The average Bonchev–Trinajstić information content (AvgIpc) is 2.45. The van der Waals surface area contributed by atoms with Gasteiger partial charge in [-0.15, -0.1) is 0 Å². The summed E-state index contributed by atoms with van der Waals surface area (Å²) < 4.78 is 13.2. The number of halogens is 1. The third-order valence-electron chi connectivity index (χ3n) is 3.68. The van der Waals surface area contributed by atoms with Gasteiger partial charge in [0.2, 0.25) is 0 Å². The van der Waals surface area contributed by atoms with Crippen LogP contribution in [-0.4, -0.2) is 7.05 Å². The number of likely N-dealkylation sites (N-methyl/N-ethyl adjacent to an activating group) is 1. The quantitative estimate of drug-likeness (QED) is 0.847. The van der Waals surface area contributed by atoms with Crippen LogP contribution in [0, 0.1) is 5.82 Å². The molecule has 0 radical (unpaired) electrons. The maximum absolute atomic E-state index is 13.2. The van der Waals surface area contributed by atoms with Gasteiger partial charge in [-0.25, -0.2) is 4.39 Å². The maximum atomic E-state index is 13.2. The molecule has 0 spiro atoms. The van der Waals surface area contributed by atoms with Gasteiger partial charge in [0.1, 0.15) is 5.82 Å². The summed E-state index contributed by atoms with van der Waals surface area (Å²) in [4.78, 5) is 0. The largest absolute Gasteiger partial charge is 0.313 e. The molecule has 0 aromatic heterocycles. The van der Waals surface area contributed by atoms with Crippen LogP contribution < -0.4 is 5.32 Å². The lowest BCUT2D eigenvalue weighted by atomic mass is 9.95. The lowest BCUT2D eigenvalue weighted by Crippen LogP contribution is -2.18. The van der Waals surface area contributed by atoms with Gasteiger partial charge in [-0.3, -0.25) is 0 Å². The van der Waals surface area contributed by atoms with Crippen LogP contribution >= 0.6 is 0 Å². The monoisotopic (exact) mass is 271 g/mol. The summed E-state index contributed by atoms with van der Waals surface area (Å²) in [6, 6.07) is 15.7. The molecular weight excluding hydrogens is 249 g/mol. The summed E-state index contributed by atoms with van der Waals surface area (Å²) in [6.07, 6.45) is 0.787. The first-order chi connectivity index (χ1) is 9.60. The topological polar surface area (TPSA) is 12.0 Å². The highest BCUT2D eigenvalue weighted by Crippen LogP contribution is 2.21. The molecule has 1 N–H and O–H groups in total. The molecule has 2 rings (SSSR count). The Morgan fingerprint density at radius 1 is 1.00 bits per heavy atom. The molecule has 0 aliphatic carbocycles. The molecule has 1 atom stereocenters. The van der Waals surface area contributed by atoms with Crippen molar-refractivity contribution < 1.29 is 4.39 Å². The first-order valence-corrected chi connectivity index (χ1v) is 7.11. The number of rotatable bonds is 5. The Bertz CT molecular complexity index is 546. The van der Waals surface area contributed by atoms with Crippen LogP contribution in [0.25, 0.3) is 0 Å². The van der Waals surface area contributed by atoms with E-state index in [0.717, 1.165) is 12.0 Å². The Kier molecular flexibility index (Phi) is 4.91. The van der Waals surface area contributed by atoms with Crippen molar-refractivity contribution in [2.24, 2.45) is 0 Å². The van der Waals surface area contributed by atoms with E-state index in [4.69, 9.17) is 0 Å². The lowest BCUT2D eigenvalue weighted by Gasteiger charge is -2.18.